The van der Waals surface area contributed by atoms with Gasteiger partial charge in [0.2, 0.25) is 0 Å². The number of hydrogen-bond acceptors (Lipinski definition) is 3. The van der Waals surface area contributed by atoms with Crippen LogP contribution in [0.25, 0.3) is 0 Å². The third-order valence-electron chi connectivity index (χ3n) is 2.29. The molecule has 0 radical (unpaired) electrons. The Morgan fingerprint density at radius 3 is 2.19 bits per heavy atom. The van der Waals surface area contributed by atoms with Gasteiger partial charge in [0.15, 0.2) is 5.78 Å². The van der Waals surface area contributed by atoms with E-state index in [1.165, 1.54) is 7.11 Å². The van der Waals surface area contributed by atoms with E-state index in [0.29, 0.717) is 5.56 Å². The standard InChI is InChI=1S/C12H13BrO3/c1-7-4-9(5-8(2)12(7)13)10(14)6-11(15)16-3/h4-5H,6H2,1-3H3. The van der Waals surface area contributed by atoms with Crippen LogP contribution < -0.4 is 0 Å². The molecule has 0 aliphatic rings. The lowest BCUT2D eigenvalue weighted by Crippen LogP contribution is -2.10. The summed E-state index contributed by atoms with van der Waals surface area (Å²) in [7, 11) is 1.27. The van der Waals surface area contributed by atoms with Crippen molar-refractivity contribution in [2.75, 3.05) is 7.11 Å². The maximum atomic E-state index is 11.7. The molecular formula is C12H13BrO3. The minimum Gasteiger partial charge on any atom is -0.469 e. The monoisotopic (exact) mass is 284 g/mol. The number of halogens is 1. The Bertz CT molecular complexity index is 415. The molecular weight excluding hydrogens is 272 g/mol. The van der Waals surface area contributed by atoms with Gasteiger partial charge in [-0.1, -0.05) is 15.9 Å². The fourth-order valence-electron chi connectivity index (χ4n) is 1.41. The van der Waals surface area contributed by atoms with E-state index in [-0.39, 0.29) is 12.2 Å². The highest BCUT2D eigenvalue weighted by Gasteiger charge is 2.13. The number of carbonyl (C=O) groups is 2. The van der Waals surface area contributed by atoms with Gasteiger partial charge in [-0.3, -0.25) is 9.59 Å². The molecule has 0 saturated heterocycles. The predicted octanol–water partition coefficient (Wildman–Crippen LogP) is 2.81. The van der Waals surface area contributed by atoms with Crippen molar-refractivity contribution in [3.05, 3.63) is 33.3 Å². The molecule has 0 bridgehead atoms. The Labute approximate surface area is 103 Å². The highest BCUT2D eigenvalue weighted by Crippen LogP contribution is 2.23. The maximum absolute atomic E-state index is 11.7. The Balaban J connectivity index is 2.97. The van der Waals surface area contributed by atoms with E-state index in [4.69, 9.17) is 0 Å². The molecule has 0 heterocycles. The molecule has 1 aromatic rings. The zero-order valence-corrected chi connectivity index (χ0v) is 11.1. The molecule has 0 N–H and O–H groups in total. The molecule has 0 atom stereocenters. The SMILES string of the molecule is COC(=O)CC(=O)c1cc(C)c(Br)c(C)c1. The van der Waals surface area contributed by atoms with Crippen molar-refractivity contribution in [1.82, 2.24) is 0 Å². The molecule has 0 saturated carbocycles. The number of ketones is 1. The number of esters is 1. The fourth-order valence-corrected chi connectivity index (χ4v) is 1.64. The third-order valence-corrected chi connectivity index (χ3v) is 3.54. The van der Waals surface area contributed by atoms with Gasteiger partial charge in [-0.05, 0) is 37.1 Å². The van der Waals surface area contributed by atoms with Crippen molar-refractivity contribution >= 4 is 27.7 Å². The first-order valence-corrected chi connectivity index (χ1v) is 5.61. The van der Waals surface area contributed by atoms with Gasteiger partial charge in [0, 0.05) is 10.0 Å². The molecule has 3 nitrogen and oxygen atoms in total. The number of aryl methyl sites for hydroxylation is 2. The third kappa shape index (κ3) is 2.92. The molecule has 86 valence electrons. The topological polar surface area (TPSA) is 43.4 Å². The summed E-state index contributed by atoms with van der Waals surface area (Å²) in [4.78, 5) is 22.7. The van der Waals surface area contributed by atoms with Crippen LogP contribution in [0.2, 0.25) is 0 Å². The van der Waals surface area contributed by atoms with E-state index in [9.17, 15) is 9.59 Å². The number of rotatable bonds is 3. The van der Waals surface area contributed by atoms with Crippen molar-refractivity contribution in [2.24, 2.45) is 0 Å². The van der Waals surface area contributed by atoms with E-state index < -0.39 is 5.97 Å². The smallest absolute Gasteiger partial charge is 0.313 e. The second kappa shape index (κ2) is 5.25. The van der Waals surface area contributed by atoms with Gasteiger partial charge in [0.05, 0.1) is 7.11 Å². The van der Waals surface area contributed by atoms with Crippen LogP contribution in [0.4, 0.5) is 0 Å². The van der Waals surface area contributed by atoms with Gasteiger partial charge in [-0.15, -0.1) is 0 Å². The number of ether oxygens (including phenoxy) is 1. The molecule has 0 aliphatic heterocycles. The molecule has 1 rings (SSSR count). The quantitative estimate of drug-likeness (QED) is 0.487. The van der Waals surface area contributed by atoms with Crippen molar-refractivity contribution in [3.8, 4) is 0 Å². The van der Waals surface area contributed by atoms with Gasteiger partial charge in [0.1, 0.15) is 6.42 Å². The lowest BCUT2D eigenvalue weighted by atomic mass is 10.0. The number of Topliss-reactive ketones (excluding diaryl/α,β-unsaturated/α-hetero) is 1. The number of benzene rings is 1. The molecule has 0 spiro atoms. The van der Waals surface area contributed by atoms with Gasteiger partial charge < -0.3 is 4.74 Å². The molecule has 0 aromatic heterocycles. The fraction of sp³-hybridized carbons (Fsp3) is 0.333. The Hall–Kier alpha value is -1.16. The van der Waals surface area contributed by atoms with Gasteiger partial charge in [-0.2, -0.15) is 0 Å². The first kappa shape index (κ1) is 12.9. The molecule has 0 unspecified atom stereocenters. The summed E-state index contributed by atoms with van der Waals surface area (Å²) in [6, 6.07) is 3.53. The Kier molecular flexibility index (Phi) is 4.24. The largest absolute Gasteiger partial charge is 0.469 e. The molecule has 1 aromatic carbocycles. The van der Waals surface area contributed by atoms with Crippen molar-refractivity contribution in [3.63, 3.8) is 0 Å². The Morgan fingerprint density at radius 1 is 1.25 bits per heavy atom. The first-order valence-electron chi connectivity index (χ1n) is 4.82. The average molecular weight is 285 g/mol. The van der Waals surface area contributed by atoms with Gasteiger partial charge in [-0.25, -0.2) is 0 Å². The lowest BCUT2D eigenvalue weighted by Gasteiger charge is -2.06. The molecule has 0 fully saturated rings. The van der Waals surface area contributed by atoms with Crippen LogP contribution in [-0.4, -0.2) is 18.9 Å². The minimum atomic E-state index is -0.511. The van der Waals surface area contributed by atoms with E-state index >= 15 is 0 Å². The summed E-state index contributed by atoms with van der Waals surface area (Å²) >= 11 is 3.42. The van der Waals surface area contributed by atoms with Crippen molar-refractivity contribution in [2.45, 2.75) is 20.3 Å². The Morgan fingerprint density at radius 2 is 1.75 bits per heavy atom. The van der Waals surface area contributed by atoms with Gasteiger partial charge in [0.25, 0.3) is 0 Å². The summed E-state index contributed by atoms with van der Waals surface area (Å²) in [6.45, 7) is 3.82. The van der Waals surface area contributed by atoms with Crippen molar-refractivity contribution < 1.29 is 14.3 Å². The number of hydrogen-bond donors (Lipinski definition) is 0. The second-order valence-electron chi connectivity index (χ2n) is 3.60. The molecule has 16 heavy (non-hydrogen) atoms. The van der Waals surface area contributed by atoms with Gasteiger partial charge >= 0.3 is 5.97 Å². The highest BCUT2D eigenvalue weighted by atomic mass is 79.9. The molecule has 4 heteroatoms. The van der Waals surface area contributed by atoms with Crippen LogP contribution in [0.3, 0.4) is 0 Å². The average Bonchev–Trinajstić information content (AvgIpc) is 2.24. The normalized spacial score (nSPS) is 10.0. The van der Waals surface area contributed by atoms with Crippen molar-refractivity contribution in [1.29, 1.82) is 0 Å². The van der Waals surface area contributed by atoms with Crippen LogP contribution in [0.5, 0.6) is 0 Å². The summed E-state index contributed by atoms with van der Waals surface area (Å²) in [5, 5.41) is 0. The number of carbonyl (C=O) groups excluding carboxylic acids is 2. The van der Waals surface area contributed by atoms with E-state index in [0.717, 1.165) is 15.6 Å². The predicted molar refractivity (Wildman–Crippen MR) is 64.6 cm³/mol. The van der Waals surface area contributed by atoms with Crippen LogP contribution in [0.15, 0.2) is 16.6 Å². The summed E-state index contributed by atoms with van der Waals surface area (Å²) in [6.07, 6.45) is -0.211. The first-order chi connectivity index (χ1) is 7.45. The molecule has 0 aliphatic carbocycles. The van der Waals surface area contributed by atoms with Crippen LogP contribution in [0, 0.1) is 13.8 Å². The van der Waals surface area contributed by atoms with Crippen LogP contribution >= 0.6 is 15.9 Å². The van der Waals surface area contributed by atoms with E-state index in [1.54, 1.807) is 12.1 Å². The zero-order valence-electron chi connectivity index (χ0n) is 9.46. The van der Waals surface area contributed by atoms with Crippen LogP contribution in [-0.2, 0) is 9.53 Å². The second-order valence-corrected chi connectivity index (χ2v) is 4.39. The number of methoxy groups -OCH3 is 1. The molecule has 0 amide bonds. The van der Waals surface area contributed by atoms with E-state index in [1.807, 2.05) is 13.8 Å². The zero-order chi connectivity index (χ0) is 12.3. The summed E-state index contributed by atoms with van der Waals surface area (Å²) in [5.74, 6) is -0.728. The highest BCUT2D eigenvalue weighted by molar-refractivity contribution is 9.10. The summed E-state index contributed by atoms with van der Waals surface area (Å²) in [5.41, 5.74) is 2.50. The maximum Gasteiger partial charge on any atom is 0.313 e. The summed E-state index contributed by atoms with van der Waals surface area (Å²) < 4.78 is 5.45. The van der Waals surface area contributed by atoms with Crippen LogP contribution in [0.1, 0.15) is 27.9 Å². The minimum absolute atomic E-state index is 0.211. The van der Waals surface area contributed by atoms with E-state index in [2.05, 4.69) is 20.7 Å². The lowest BCUT2D eigenvalue weighted by molar-refractivity contribution is -0.139.